The van der Waals surface area contributed by atoms with Gasteiger partial charge in [-0.1, -0.05) is 6.92 Å². The lowest BCUT2D eigenvalue weighted by Gasteiger charge is -2.15. The third kappa shape index (κ3) is 5.71. The van der Waals surface area contributed by atoms with Crippen molar-refractivity contribution in [3.63, 3.8) is 0 Å². The number of aromatic nitrogens is 6. The van der Waals surface area contributed by atoms with E-state index in [-0.39, 0.29) is 5.82 Å². The van der Waals surface area contributed by atoms with E-state index in [1.807, 2.05) is 36.7 Å². The molecule has 218 valence electrons. The minimum atomic E-state index is -0.356. The highest BCUT2D eigenvalue weighted by Crippen LogP contribution is 2.35. The third-order valence-corrected chi connectivity index (χ3v) is 7.94. The summed E-state index contributed by atoms with van der Waals surface area (Å²) in [5, 5.41) is 12.9. The minimum Gasteiger partial charge on any atom is -0.492 e. The molecule has 0 bridgehead atoms. The number of hydrogen-bond acceptors (Lipinski definition) is 7. The molecule has 7 rings (SSSR count). The molecule has 6 aromatic rings. The van der Waals surface area contributed by atoms with E-state index in [0.717, 1.165) is 82.7 Å². The summed E-state index contributed by atoms with van der Waals surface area (Å²) < 4.78 is 20.7. The molecule has 10 heteroatoms. The summed E-state index contributed by atoms with van der Waals surface area (Å²) in [5.74, 6) is 0.150. The topological polar surface area (TPSA) is 108 Å². The number of pyridine rings is 3. The molecule has 1 fully saturated rings. The highest BCUT2D eigenvalue weighted by atomic mass is 19.1. The van der Waals surface area contributed by atoms with Crippen molar-refractivity contribution >= 4 is 21.8 Å². The van der Waals surface area contributed by atoms with Crippen molar-refractivity contribution in [2.24, 2.45) is 0 Å². The zero-order valence-electron chi connectivity index (χ0n) is 24.0. The number of hydrogen-bond donors (Lipinski definition) is 3. The Bertz CT molecular complexity index is 1890. The molecule has 1 saturated heterocycles. The molecule has 1 aliphatic rings. The molecular weight excluding hydrogens is 543 g/mol. The molecule has 0 saturated carbocycles. The summed E-state index contributed by atoms with van der Waals surface area (Å²) in [5.41, 5.74) is 7.49. The number of fused-ring (bicyclic) bond motifs is 2. The van der Waals surface area contributed by atoms with Gasteiger partial charge in [0.1, 0.15) is 23.9 Å². The number of halogens is 1. The molecule has 43 heavy (non-hydrogen) atoms. The zero-order valence-corrected chi connectivity index (χ0v) is 24.0. The Morgan fingerprint density at radius 3 is 2.70 bits per heavy atom. The lowest BCUT2D eigenvalue weighted by molar-refractivity contribution is 0.237. The zero-order chi connectivity index (χ0) is 29.2. The maximum Gasteiger partial charge on any atom is 0.127 e. The van der Waals surface area contributed by atoms with Gasteiger partial charge in [0, 0.05) is 65.2 Å². The van der Waals surface area contributed by atoms with Crippen molar-refractivity contribution < 1.29 is 9.13 Å². The molecule has 0 spiro atoms. The highest BCUT2D eigenvalue weighted by molar-refractivity contribution is 6.00. The van der Waals surface area contributed by atoms with Gasteiger partial charge in [0.25, 0.3) is 0 Å². The van der Waals surface area contributed by atoms with E-state index in [2.05, 4.69) is 53.3 Å². The fourth-order valence-corrected chi connectivity index (χ4v) is 5.77. The van der Waals surface area contributed by atoms with Crippen LogP contribution >= 0.6 is 0 Å². The van der Waals surface area contributed by atoms with Crippen LogP contribution in [0.2, 0.25) is 0 Å². The van der Waals surface area contributed by atoms with E-state index in [1.54, 1.807) is 12.4 Å². The van der Waals surface area contributed by atoms with E-state index in [1.165, 1.54) is 25.0 Å². The Morgan fingerprint density at radius 2 is 1.81 bits per heavy atom. The molecule has 5 aromatic heterocycles. The summed E-state index contributed by atoms with van der Waals surface area (Å²) in [6, 6.07) is 12.9. The number of H-pyrrole nitrogens is 2. The van der Waals surface area contributed by atoms with Gasteiger partial charge in [-0.2, -0.15) is 5.10 Å². The maximum atomic E-state index is 14.8. The normalized spacial score (nSPS) is 13.8. The first kappa shape index (κ1) is 27.2. The summed E-state index contributed by atoms with van der Waals surface area (Å²) in [7, 11) is 0. The highest BCUT2D eigenvalue weighted by Gasteiger charge is 2.17. The standard InChI is InChI=1S/C33H33FN8O/c1-2-35-17-21-11-23(19-36-18-21)29-15-27-31(20-38-29)40-41-33(27)30-16-26-28(39-30)5-6-37-32(26)22-12-24(34)14-25(13-22)43-10-9-42-7-3-4-8-42/h5-6,11-16,18-20,35,39H,2-4,7-10,17H2,1H3,(H,40,41). The van der Waals surface area contributed by atoms with Crippen LogP contribution in [0.3, 0.4) is 0 Å². The summed E-state index contributed by atoms with van der Waals surface area (Å²) in [6.07, 6.45) is 9.68. The lowest BCUT2D eigenvalue weighted by Crippen LogP contribution is -2.25. The molecule has 1 aromatic carbocycles. The second kappa shape index (κ2) is 11.9. The SMILES string of the molecule is CCNCc1cncc(-c2cc3c(-c4cc5c(-c6cc(F)cc(OCCN7CCCC7)c6)nccc5[nH]4)n[nH]c3cn2)c1. The van der Waals surface area contributed by atoms with Crippen LogP contribution in [0.1, 0.15) is 25.3 Å². The number of nitrogens with zero attached hydrogens (tertiary/aromatic N) is 5. The quantitative estimate of drug-likeness (QED) is 0.185. The van der Waals surface area contributed by atoms with Crippen LogP contribution in [-0.2, 0) is 6.54 Å². The van der Waals surface area contributed by atoms with E-state index in [9.17, 15) is 4.39 Å². The fraction of sp³-hybridized carbons (Fsp3) is 0.273. The van der Waals surface area contributed by atoms with E-state index < -0.39 is 0 Å². The van der Waals surface area contributed by atoms with E-state index >= 15 is 0 Å². The Balaban J connectivity index is 1.20. The van der Waals surface area contributed by atoms with Gasteiger partial charge in [0.15, 0.2) is 0 Å². The fourth-order valence-electron chi connectivity index (χ4n) is 5.77. The lowest BCUT2D eigenvalue weighted by atomic mass is 10.1. The molecular formula is C33H33FN8O. The number of benzene rings is 1. The van der Waals surface area contributed by atoms with Gasteiger partial charge in [-0.25, -0.2) is 4.39 Å². The van der Waals surface area contributed by atoms with Crippen molar-refractivity contribution in [1.82, 2.24) is 40.3 Å². The number of ether oxygens (including phenoxy) is 1. The van der Waals surface area contributed by atoms with Gasteiger partial charge < -0.3 is 15.0 Å². The van der Waals surface area contributed by atoms with Crippen LogP contribution in [0.25, 0.3) is 55.7 Å². The molecule has 6 heterocycles. The summed E-state index contributed by atoms with van der Waals surface area (Å²) in [4.78, 5) is 19.6. The van der Waals surface area contributed by atoms with Crippen molar-refractivity contribution in [1.29, 1.82) is 0 Å². The van der Waals surface area contributed by atoms with Crippen LogP contribution in [-0.4, -0.2) is 67.8 Å². The van der Waals surface area contributed by atoms with Gasteiger partial charge in [0.05, 0.1) is 28.8 Å². The predicted octanol–water partition coefficient (Wildman–Crippen LogP) is 5.95. The average Bonchev–Trinajstić information content (AvgIpc) is 3.79. The van der Waals surface area contributed by atoms with Gasteiger partial charge in [-0.3, -0.25) is 25.0 Å². The Kier molecular flexibility index (Phi) is 7.53. The summed E-state index contributed by atoms with van der Waals surface area (Å²) >= 11 is 0. The molecule has 0 unspecified atom stereocenters. The van der Waals surface area contributed by atoms with Crippen LogP contribution in [0.15, 0.2) is 67.3 Å². The van der Waals surface area contributed by atoms with Crippen LogP contribution in [0.4, 0.5) is 4.39 Å². The van der Waals surface area contributed by atoms with E-state index in [0.29, 0.717) is 23.6 Å². The second-order valence-corrected chi connectivity index (χ2v) is 10.9. The molecule has 9 nitrogen and oxygen atoms in total. The van der Waals surface area contributed by atoms with Crippen molar-refractivity contribution in [2.45, 2.75) is 26.3 Å². The largest absolute Gasteiger partial charge is 0.492 e. The maximum absolute atomic E-state index is 14.8. The van der Waals surface area contributed by atoms with Gasteiger partial charge >= 0.3 is 0 Å². The van der Waals surface area contributed by atoms with Gasteiger partial charge in [-0.15, -0.1) is 0 Å². The average molecular weight is 577 g/mol. The van der Waals surface area contributed by atoms with Crippen molar-refractivity contribution in [3.05, 3.63) is 78.6 Å². The third-order valence-electron chi connectivity index (χ3n) is 7.94. The number of rotatable bonds is 10. The number of aromatic amines is 2. The smallest absolute Gasteiger partial charge is 0.127 e. The minimum absolute atomic E-state index is 0.356. The Morgan fingerprint density at radius 1 is 0.930 bits per heavy atom. The Labute approximate surface area is 248 Å². The van der Waals surface area contributed by atoms with Crippen molar-refractivity contribution in [3.8, 4) is 39.7 Å². The first-order valence-corrected chi connectivity index (χ1v) is 14.8. The van der Waals surface area contributed by atoms with Crippen LogP contribution in [0.5, 0.6) is 5.75 Å². The number of nitrogens with one attached hydrogen (secondary N) is 3. The predicted molar refractivity (Wildman–Crippen MR) is 166 cm³/mol. The van der Waals surface area contributed by atoms with E-state index in [4.69, 9.17) is 4.74 Å². The Hall–Kier alpha value is -4.67. The molecule has 0 amide bonds. The van der Waals surface area contributed by atoms with Crippen LogP contribution in [0, 0.1) is 5.82 Å². The van der Waals surface area contributed by atoms with Gasteiger partial charge in [-0.05, 0) is 74.4 Å². The number of likely N-dealkylation sites (tertiary alicyclic amines) is 1. The molecule has 0 radical (unpaired) electrons. The molecule has 0 aliphatic carbocycles. The first-order valence-electron chi connectivity index (χ1n) is 14.8. The monoisotopic (exact) mass is 576 g/mol. The van der Waals surface area contributed by atoms with Crippen molar-refractivity contribution in [2.75, 3.05) is 32.8 Å². The van der Waals surface area contributed by atoms with Gasteiger partial charge in [0.2, 0.25) is 0 Å². The second-order valence-electron chi connectivity index (χ2n) is 10.9. The molecule has 0 atom stereocenters. The molecule has 1 aliphatic heterocycles. The summed E-state index contributed by atoms with van der Waals surface area (Å²) in [6.45, 7) is 7.29. The first-order chi connectivity index (χ1) is 21.1. The van der Waals surface area contributed by atoms with Crippen LogP contribution < -0.4 is 10.1 Å². The molecule has 3 N–H and O–H groups in total.